The molecule has 0 unspecified atom stereocenters. The molecule has 0 spiro atoms. The van der Waals surface area contributed by atoms with Crippen LogP contribution >= 0.6 is 0 Å². The van der Waals surface area contributed by atoms with Crippen molar-refractivity contribution in [2.45, 2.75) is 0 Å². The van der Waals surface area contributed by atoms with Gasteiger partial charge in [-0.3, -0.25) is 9.13 Å². The van der Waals surface area contributed by atoms with E-state index < -0.39 is 0 Å². The van der Waals surface area contributed by atoms with Crippen molar-refractivity contribution in [3.63, 3.8) is 0 Å². The number of rotatable bonds is 5. The topological polar surface area (TPSA) is 71.3 Å². The summed E-state index contributed by atoms with van der Waals surface area (Å²) in [5.41, 5.74) is 29.6. The molecule has 550 valence electrons. The molecule has 0 saturated heterocycles. The first-order chi connectivity index (χ1) is 59.5. The van der Waals surface area contributed by atoms with Gasteiger partial charge in [-0.15, -0.1) is 0 Å². The zero-order valence-electron chi connectivity index (χ0n) is 64.4. The highest BCUT2D eigenvalue weighted by molar-refractivity contribution is 6.26. The SMILES string of the molecule is c1ccc2c(c1)-c1ccccc1-n1c3cc4c5ccccc5n(-c5nc(-c6ccc7ccc8c(-c9ccc%10c(ccc%11nc(-c%12ccc%13c(ccc%14ccccc%14%13)c%12)c(-n%12c%13ccccc%13c%13cc%14c(cc%13%12)c%12cccc%13c%12n%14-c%12ccccc%12-c%12ccccc%12-%13)nc%11%10)c9)cccc8c7c6)c6ccc7ccccc7c6n5)c4cc3c3cccc-2c31. The van der Waals surface area contributed by atoms with Crippen LogP contribution in [0.4, 0.5) is 0 Å². The van der Waals surface area contributed by atoms with Crippen molar-refractivity contribution in [2.24, 2.45) is 0 Å². The van der Waals surface area contributed by atoms with Crippen molar-refractivity contribution < 1.29 is 0 Å². The number of para-hydroxylation sites is 6. The highest BCUT2D eigenvalue weighted by Gasteiger charge is 2.31. The van der Waals surface area contributed by atoms with E-state index in [1.807, 2.05) is 0 Å². The summed E-state index contributed by atoms with van der Waals surface area (Å²) in [7, 11) is 0. The minimum atomic E-state index is 0.617. The van der Waals surface area contributed by atoms with E-state index in [0.29, 0.717) is 5.95 Å². The van der Waals surface area contributed by atoms with Gasteiger partial charge in [-0.25, -0.2) is 19.9 Å². The Morgan fingerprint density at radius 1 is 0.175 bits per heavy atom. The van der Waals surface area contributed by atoms with Crippen molar-refractivity contribution in [1.82, 2.24) is 38.2 Å². The molecule has 0 saturated carbocycles. The highest BCUT2D eigenvalue weighted by Crippen LogP contribution is 2.52. The minimum absolute atomic E-state index is 0.617. The molecule has 8 heteroatoms. The summed E-state index contributed by atoms with van der Waals surface area (Å²) in [6, 6.07) is 139. The molecule has 0 aliphatic carbocycles. The van der Waals surface area contributed by atoms with Crippen molar-refractivity contribution >= 4 is 174 Å². The maximum atomic E-state index is 6.04. The molecule has 2 aliphatic rings. The third kappa shape index (κ3) is 8.71. The first-order valence-corrected chi connectivity index (χ1v) is 41.2. The van der Waals surface area contributed by atoms with Crippen LogP contribution < -0.4 is 0 Å². The molecule has 0 N–H and O–H groups in total. The van der Waals surface area contributed by atoms with E-state index in [-0.39, 0.29) is 0 Å². The number of aromatic nitrogens is 8. The van der Waals surface area contributed by atoms with Crippen LogP contribution in [0.15, 0.2) is 376 Å². The Morgan fingerprint density at radius 2 is 0.583 bits per heavy atom. The normalized spacial score (nSPS) is 12.5. The number of nitrogens with zero attached hydrogens (tertiary/aromatic N) is 8. The van der Waals surface area contributed by atoms with Gasteiger partial charge in [-0.2, -0.15) is 0 Å². The number of benzene rings is 20. The predicted molar refractivity (Wildman–Crippen MR) is 500 cm³/mol. The van der Waals surface area contributed by atoms with Gasteiger partial charge in [0.05, 0.1) is 77.8 Å². The second-order valence-electron chi connectivity index (χ2n) is 32.6. The van der Waals surface area contributed by atoms with Gasteiger partial charge in [-0.1, -0.05) is 297 Å². The fraction of sp³-hybridized carbons (Fsp3) is 0. The predicted octanol–water partition coefficient (Wildman–Crippen LogP) is 29.2. The fourth-order valence-electron chi connectivity index (χ4n) is 21.3. The van der Waals surface area contributed by atoms with E-state index >= 15 is 0 Å². The Bertz CT molecular complexity index is 9210. The van der Waals surface area contributed by atoms with Crippen LogP contribution in [0.2, 0.25) is 0 Å². The van der Waals surface area contributed by atoms with E-state index in [2.05, 4.69) is 394 Å². The Morgan fingerprint density at radius 3 is 1.26 bits per heavy atom. The molecular weight excluding hydrogens is 1460 g/mol. The Hall–Kier alpha value is -16.2. The van der Waals surface area contributed by atoms with Gasteiger partial charge < -0.3 is 9.13 Å². The Labute approximate surface area is 684 Å². The van der Waals surface area contributed by atoms with Gasteiger partial charge in [-0.05, 0) is 166 Å². The van der Waals surface area contributed by atoms with Gasteiger partial charge >= 0.3 is 0 Å². The van der Waals surface area contributed by atoms with Crippen molar-refractivity contribution in [2.75, 3.05) is 0 Å². The van der Waals surface area contributed by atoms with E-state index in [1.54, 1.807) is 0 Å². The van der Waals surface area contributed by atoms with Crippen LogP contribution in [0.3, 0.4) is 0 Å². The number of hydrogen-bond donors (Lipinski definition) is 0. The number of fused-ring (bicyclic) bond motifs is 34. The maximum Gasteiger partial charge on any atom is 0.235 e. The Balaban J connectivity index is 0.618. The van der Waals surface area contributed by atoms with Crippen LogP contribution in [0.25, 0.3) is 275 Å². The molecule has 6 aromatic heterocycles. The quantitative estimate of drug-likeness (QED) is 0.161. The zero-order chi connectivity index (χ0) is 77.8. The van der Waals surface area contributed by atoms with E-state index in [0.717, 1.165) is 165 Å². The van der Waals surface area contributed by atoms with Crippen molar-refractivity contribution in [3.05, 3.63) is 376 Å². The fourth-order valence-corrected chi connectivity index (χ4v) is 21.3. The molecule has 8 nitrogen and oxygen atoms in total. The lowest BCUT2D eigenvalue weighted by Crippen LogP contribution is -2.04. The van der Waals surface area contributed by atoms with Crippen molar-refractivity contribution in [3.8, 4) is 101 Å². The van der Waals surface area contributed by atoms with Gasteiger partial charge in [0.25, 0.3) is 0 Å². The molecule has 8 heterocycles. The van der Waals surface area contributed by atoms with E-state index in [4.69, 9.17) is 19.9 Å². The molecular formula is C112H62N8. The highest BCUT2D eigenvalue weighted by atomic mass is 15.2. The van der Waals surface area contributed by atoms with Crippen LogP contribution in [-0.2, 0) is 0 Å². The number of hydrogen-bond acceptors (Lipinski definition) is 4. The molecule has 0 amide bonds. The lowest BCUT2D eigenvalue weighted by Gasteiger charge is -2.16. The molecule has 0 bridgehead atoms. The molecule has 120 heavy (non-hydrogen) atoms. The Kier molecular flexibility index (Phi) is 12.7. The minimum Gasteiger partial charge on any atom is -0.308 e. The summed E-state index contributed by atoms with van der Waals surface area (Å²) in [4.78, 5) is 23.4. The summed E-state index contributed by atoms with van der Waals surface area (Å²) in [5, 5.41) is 24.0. The van der Waals surface area contributed by atoms with Gasteiger partial charge in [0.2, 0.25) is 5.95 Å². The summed E-state index contributed by atoms with van der Waals surface area (Å²) >= 11 is 0. The lowest BCUT2D eigenvalue weighted by atomic mass is 9.92. The average molecular weight is 1520 g/mol. The average Bonchev–Trinajstić information content (AvgIpc) is 1.52. The monoisotopic (exact) mass is 1520 g/mol. The second kappa shape index (κ2) is 23.8. The largest absolute Gasteiger partial charge is 0.308 e. The molecule has 0 atom stereocenters. The van der Waals surface area contributed by atoms with E-state index in [9.17, 15) is 0 Å². The molecule has 28 rings (SSSR count). The third-order valence-corrected chi connectivity index (χ3v) is 26.6. The third-order valence-electron chi connectivity index (χ3n) is 26.6. The van der Waals surface area contributed by atoms with Gasteiger partial charge in [0, 0.05) is 92.6 Å². The van der Waals surface area contributed by atoms with Gasteiger partial charge in [0.15, 0.2) is 5.82 Å². The summed E-state index contributed by atoms with van der Waals surface area (Å²) in [6.07, 6.45) is 0. The summed E-state index contributed by atoms with van der Waals surface area (Å²) in [5.74, 6) is 1.39. The second-order valence-corrected chi connectivity index (χ2v) is 32.6. The van der Waals surface area contributed by atoms with Crippen LogP contribution in [0.5, 0.6) is 0 Å². The molecule has 0 radical (unpaired) electrons. The maximum absolute atomic E-state index is 6.04. The van der Waals surface area contributed by atoms with Crippen molar-refractivity contribution in [1.29, 1.82) is 0 Å². The lowest BCUT2D eigenvalue weighted by molar-refractivity contribution is 1.02. The molecule has 26 aromatic rings. The van der Waals surface area contributed by atoms with Crippen LogP contribution in [0.1, 0.15) is 0 Å². The zero-order valence-corrected chi connectivity index (χ0v) is 64.4. The van der Waals surface area contributed by atoms with Crippen LogP contribution in [-0.4, -0.2) is 38.2 Å². The van der Waals surface area contributed by atoms with Crippen LogP contribution in [0, 0.1) is 0 Å². The van der Waals surface area contributed by atoms with Gasteiger partial charge in [0.1, 0.15) is 5.69 Å². The van der Waals surface area contributed by atoms with E-state index in [1.165, 1.54) is 105 Å². The molecule has 0 fully saturated rings. The molecule has 20 aromatic carbocycles. The smallest absolute Gasteiger partial charge is 0.235 e. The summed E-state index contributed by atoms with van der Waals surface area (Å²) < 4.78 is 9.76. The summed E-state index contributed by atoms with van der Waals surface area (Å²) in [6.45, 7) is 0. The first-order valence-electron chi connectivity index (χ1n) is 41.2. The standard InChI is InChI=1S/C112H62N8/c1-3-22-71-63(20-1)42-44-66-57-69(49-51-73(66)71)106-111(119-99-40-15-11-30-84(99)92-59-101-94(61-103(92)119)88-36-18-34-86-78-26-7-5-24-76(78)82-28-9-13-38-97(82)117(101)109(86)88)114-108-75-52-48-67(56-68(75)50-55-96(108)113-106)72-32-17-33-80-81(72)53-46-65-43-45-70(58-91(65)80)105-90-54-47-64-21-2-4-23-74(64)107(90)116-112(115-105)120-100-41-16-12-31-85(100)93-60-102-95(62-104(93)120)89-37-19-35-87-79-27-8-6-25-77(79)83-29-10-14-39-98(83)118(102)110(87)89/h1-62H. The molecule has 2 aliphatic heterocycles. The first kappa shape index (κ1) is 64.2.